The molecule has 0 atom stereocenters. The molecule has 0 bridgehead atoms. The third-order valence-corrected chi connectivity index (χ3v) is 11.9. The van der Waals surface area contributed by atoms with E-state index in [9.17, 15) is 0 Å². The molecule has 0 N–H and O–H groups in total. The standard InChI is InChI=1S/C54H35BrN2/c55-44-25-20-37(21-26-44)41-30-42(32-43(31-41)40-23-28-49-47-16-8-10-18-51(47)56(54(49)35-40)45-14-6-3-7-15-45)39-24-29-53-50(34-39)48-17-9-11-19-52(48)57(53)46-27-22-36-12-4-1-2-5-13-38(36)33-46/h1-35H/b2-1+,4-1?,5-2?,12-4?,13-5-,36-12?,38-13?. The van der Waals surface area contributed by atoms with E-state index in [0.29, 0.717) is 0 Å². The van der Waals surface area contributed by atoms with Gasteiger partial charge in [-0.2, -0.15) is 0 Å². The molecular formula is C54H35BrN2. The Morgan fingerprint density at radius 2 is 0.842 bits per heavy atom. The number of halogens is 1. The predicted molar refractivity (Wildman–Crippen MR) is 246 cm³/mol. The molecule has 11 rings (SSSR count). The van der Waals surface area contributed by atoms with Gasteiger partial charge in [0, 0.05) is 37.4 Å². The summed E-state index contributed by atoms with van der Waals surface area (Å²) in [5, 5.41) is 4.98. The lowest BCUT2D eigenvalue weighted by atomic mass is 9.92. The first-order valence-corrected chi connectivity index (χ1v) is 20.2. The van der Waals surface area contributed by atoms with Gasteiger partial charge in [-0.25, -0.2) is 0 Å². The van der Waals surface area contributed by atoms with Gasteiger partial charge in [-0.3, -0.25) is 0 Å². The number of para-hydroxylation sites is 3. The number of nitrogens with zero attached hydrogens (tertiary/aromatic N) is 2. The van der Waals surface area contributed by atoms with Gasteiger partial charge in [0.1, 0.15) is 0 Å². The summed E-state index contributed by atoms with van der Waals surface area (Å²) in [7, 11) is 0. The minimum absolute atomic E-state index is 1.07. The van der Waals surface area contributed by atoms with Crippen LogP contribution in [-0.2, 0) is 0 Å². The highest BCUT2D eigenvalue weighted by atomic mass is 79.9. The minimum Gasteiger partial charge on any atom is -0.309 e. The Morgan fingerprint density at radius 1 is 0.298 bits per heavy atom. The van der Waals surface area contributed by atoms with E-state index in [4.69, 9.17) is 0 Å². The molecule has 2 nitrogen and oxygen atoms in total. The fourth-order valence-electron chi connectivity index (χ4n) is 8.65. The topological polar surface area (TPSA) is 9.86 Å². The Kier molecular flexibility index (Phi) is 8.01. The van der Waals surface area contributed by atoms with Gasteiger partial charge in [-0.15, -0.1) is 0 Å². The van der Waals surface area contributed by atoms with Crippen molar-refractivity contribution in [2.75, 3.05) is 0 Å². The molecular weight excluding hydrogens is 757 g/mol. The molecule has 0 spiro atoms. The quantitative estimate of drug-likeness (QED) is 0.164. The third kappa shape index (κ3) is 5.78. The number of allylic oxidation sites excluding steroid dienone is 4. The van der Waals surface area contributed by atoms with Crippen molar-refractivity contribution in [2.24, 2.45) is 0 Å². The zero-order chi connectivity index (χ0) is 37.9. The molecule has 3 heteroatoms. The Hall–Kier alpha value is -6.94. The van der Waals surface area contributed by atoms with E-state index in [2.05, 4.69) is 237 Å². The van der Waals surface area contributed by atoms with Gasteiger partial charge in [0.05, 0.1) is 22.1 Å². The monoisotopic (exact) mass is 790 g/mol. The largest absolute Gasteiger partial charge is 0.309 e. The molecule has 0 amide bonds. The lowest BCUT2D eigenvalue weighted by Gasteiger charge is -2.14. The first-order valence-electron chi connectivity index (χ1n) is 19.4. The summed E-state index contributed by atoms with van der Waals surface area (Å²) >= 11 is 3.66. The molecule has 10 aromatic rings. The maximum absolute atomic E-state index is 3.66. The van der Waals surface area contributed by atoms with Crippen molar-refractivity contribution in [1.29, 1.82) is 0 Å². The van der Waals surface area contributed by atoms with E-state index in [1.807, 2.05) is 0 Å². The summed E-state index contributed by atoms with van der Waals surface area (Å²) in [6, 6.07) is 64.6. The number of hydrogen-bond acceptors (Lipinski definition) is 0. The molecule has 0 aliphatic heterocycles. The van der Waals surface area contributed by atoms with Crippen LogP contribution in [0.1, 0.15) is 11.1 Å². The Bertz CT molecular complexity index is 3280. The number of rotatable bonds is 5. The van der Waals surface area contributed by atoms with E-state index in [1.54, 1.807) is 0 Å². The first-order chi connectivity index (χ1) is 28.2. The van der Waals surface area contributed by atoms with Crippen LogP contribution in [0, 0.1) is 0 Å². The van der Waals surface area contributed by atoms with Crippen LogP contribution in [0.3, 0.4) is 0 Å². The fraction of sp³-hybridized carbons (Fsp3) is 0. The molecule has 2 aromatic heterocycles. The maximum atomic E-state index is 3.66. The smallest absolute Gasteiger partial charge is 0.0547 e. The molecule has 2 heterocycles. The number of hydrogen-bond donors (Lipinski definition) is 0. The molecule has 0 radical (unpaired) electrons. The Labute approximate surface area is 339 Å². The van der Waals surface area contributed by atoms with Gasteiger partial charge >= 0.3 is 0 Å². The number of benzene rings is 8. The normalized spacial score (nSPS) is 13.6. The molecule has 0 saturated carbocycles. The summed E-state index contributed by atoms with van der Waals surface area (Å²) in [6.07, 6.45) is 12.7. The maximum Gasteiger partial charge on any atom is 0.0547 e. The highest BCUT2D eigenvalue weighted by molar-refractivity contribution is 9.10. The van der Waals surface area contributed by atoms with Gasteiger partial charge in [0.2, 0.25) is 0 Å². The molecule has 0 fully saturated rings. The van der Waals surface area contributed by atoms with Gasteiger partial charge in [-0.05, 0) is 129 Å². The van der Waals surface area contributed by atoms with Crippen LogP contribution in [0.15, 0.2) is 205 Å². The second kappa shape index (κ2) is 13.7. The van der Waals surface area contributed by atoms with Gasteiger partial charge in [0.25, 0.3) is 0 Å². The van der Waals surface area contributed by atoms with Crippen LogP contribution >= 0.6 is 15.9 Å². The zero-order valence-electron chi connectivity index (χ0n) is 31.0. The van der Waals surface area contributed by atoms with Crippen LogP contribution in [0.2, 0.25) is 0 Å². The predicted octanol–water partition coefficient (Wildman–Crippen LogP) is 15.2. The summed E-state index contributed by atoms with van der Waals surface area (Å²) in [6.45, 7) is 0. The number of fused-ring (bicyclic) bond motifs is 7. The SMILES string of the molecule is Brc1ccc(-c2cc(-c3ccc4c(c3)c3ccccc3n4-c3ccc4c(c3)/C=C\C=C\C=C4)cc(-c3ccc4c5ccccc5n(-c5ccccc5)c4c3)c2)cc1. The highest BCUT2D eigenvalue weighted by Crippen LogP contribution is 2.40. The van der Waals surface area contributed by atoms with Crippen molar-refractivity contribution in [2.45, 2.75) is 0 Å². The van der Waals surface area contributed by atoms with Crippen LogP contribution < -0.4 is 0 Å². The highest BCUT2D eigenvalue weighted by Gasteiger charge is 2.17. The van der Waals surface area contributed by atoms with E-state index >= 15 is 0 Å². The first kappa shape index (κ1) is 33.4. The van der Waals surface area contributed by atoms with Gasteiger partial charge < -0.3 is 9.13 Å². The van der Waals surface area contributed by atoms with Crippen LogP contribution in [0.4, 0.5) is 0 Å². The van der Waals surface area contributed by atoms with Crippen molar-refractivity contribution in [3.8, 4) is 44.8 Å². The number of aromatic nitrogens is 2. The summed E-state index contributed by atoms with van der Waals surface area (Å²) < 4.78 is 5.87. The minimum atomic E-state index is 1.07. The van der Waals surface area contributed by atoms with E-state index in [-0.39, 0.29) is 0 Å². The third-order valence-electron chi connectivity index (χ3n) is 11.4. The van der Waals surface area contributed by atoms with Gasteiger partial charge in [-0.1, -0.05) is 143 Å². The van der Waals surface area contributed by atoms with Crippen molar-refractivity contribution in [3.05, 3.63) is 216 Å². The Balaban J connectivity index is 1.10. The summed E-state index contributed by atoms with van der Waals surface area (Å²) in [5.74, 6) is 0. The van der Waals surface area contributed by atoms with Crippen LogP contribution in [0.5, 0.6) is 0 Å². The second-order valence-electron chi connectivity index (χ2n) is 14.7. The molecule has 1 aliphatic rings. The van der Waals surface area contributed by atoms with E-state index in [1.165, 1.54) is 88.1 Å². The lowest BCUT2D eigenvalue weighted by Crippen LogP contribution is -1.95. The summed E-state index contributed by atoms with van der Waals surface area (Å²) in [5.41, 5.74) is 16.6. The van der Waals surface area contributed by atoms with Crippen LogP contribution in [-0.4, -0.2) is 9.13 Å². The molecule has 8 aromatic carbocycles. The molecule has 1 aliphatic carbocycles. The average molecular weight is 792 g/mol. The molecule has 0 unspecified atom stereocenters. The summed E-state index contributed by atoms with van der Waals surface area (Å²) in [4.78, 5) is 0. The Morgan fingerprint density at radius 3 is 1.58 bits per heavy atom. The fourth-order valence-corrected chi connectivity index (χ4v) is 8.91. The zero-order valence-corrected chi connectivity index (χ0v) is 32.6. The van der Waals surface area contributed by atoms with Crippen molar-refractivity contribution in [1.82, 2.24) is 9.13 Å². The van der Waals surface area contributed by atoms with Gasteiger partial charge in [0.15, 0.2) is 0 Å². The van der Waals surface area contributed by atoms with E-state index in [0.717, 1.165) is 15.8 Å². The van der Waals surface area contributed by atoms with Crippen molar-refractivity contribution in [3.63, 3.8) is 0 Å². The van der Waals surface area contributed by atoms with Crippen molar-refractivity contribution >= 4 is 71.7 Å². The van der Waals surface area contributed by atoms with E-state index < -0.39 is 0 Å². The lowest BCUT2D eigenvalue weighted by molar-refractivity contribution is 1.18. The molecule has 268 valence electrons. The van der Waals surface area contributed by atoms with Crippen LogP contribution in [0.25, 0.3) is 101 Å². The molecule has 57 heavy (non-hydrogen) atoms. The average Bonchev–Trinajstić information content (AvgIpc) is 3.76. The second-order valence-corrected chi connectivity index (χ2v) is 15.6. The molecule has 0 saturated heterocycles. The van der Waals surface area contributed by atoms with Crippen molar-refractivity contribution < 1.29 is 0 Å².